The Morgan fingerprint density at radius 2 is 2.05 bits per heavy atom. The lowest BCUT2D eigenvalue weighted by Crippen LogP contribution is -2.29. The highest BCUT2D eigenvalue weighted by atomic mass is 16.5. The fourth-order valence-electron chi connectivity index (χ4n) is 1.98. The van der Waals surface area contributed by atoms with Crippen LogP contribution < -0.4 is 10.5 Å². The molecule has 0 aromatic heterocycles. The summed E-state index contributed by atoms with van der Waals surface area (Å²) < 4.78 is 5.09. The van der Waals surface area contributed by atoms with Crippen LogP contribution in [0.2, 0.25) is 0 Å². The van der Waals surface area contributed by atoms with Crippen molar-refractivity contribution in [2.45, 2.75) is 6.42 Å². The summed E-state index contributed by atoms with van der Waals surface area (Å²) in [4.78, 5) is 24.1. The van der Waals surface area contributed by atoms with Gasteiger partial charge in [0.1, 0.15) is 5.75 Å². The minimum atomic E-state index is -0.398. The van der Waals surface area contributed by atoms with Gasteiger partial charge in [-0.05, 0) is 23.3 Å². The number of hydrogen-bond donors (Lipinski definition) is 1. The van der Waals surface area contributed by atoms with Crippen LogP contribution in [0.5, 0.6) is 5.75 Å². The fraction of sp³-hybridized carbons (Fsp3) is 0.286. The van der Waals surface area contributed by atoms with Gasteiger partial charge in [-0.15, -0.1) is 0 Å². The van der Waals surface area contributed by atoms with E-state index in [-0.39, 0.29) is 12.3 Å². The van der Waals surface area contributed by atoms with Gasteiger partial charge in [0.15, 0.2) is 0 Å². The van der Waals surface area contributed by atoms with E-state index in [1.54, 1.807) is 18.1 Å². The molecular weight excluding hydrogens is 244 g/mol. The first-order chi connectivity index (χ1) is 9.10. The first-order valence-electron chi connectivity index (χ1n) is 6.02. The second-order valence-corrected chi connectivity index (χ2v) is 4.37. The normalized spacial score (nSPS) is 14.5. The Hall–Kier alpha value is -2.30. The van der Waals surface area contributed by atoms with Crippen LogP contribution in [0.4, 0.5) is 0 Å². The molecule has 0 aliphatic carbocycles. The highest BCUT2D eigenvalue weighted by Crippen LogP contribution is 2.23. The molecule has 2 N–H and O–H groups in total. The third-order valence-electron chi connectivity index (χ3n) is 3.06. The fourth-order valence-corrected chi connectivity index (χ4v) is 1.98. The molecule has 0 atom stereocenters. The van der Waals surface area contributed by atoms with Gasteiger partial charge in [-0.25, -0.2) is 0 Å². The van der Waals surface area contributed by atoms with Crippen molar-refractivity contribution in [1.82, 2.24) is 4.90 Å². The summed E-state index contributed by atoms with van der Waals surface area (Å²) in [5, 5.41) is 0. The smallest absolute Gasteiger partial charge is 0.247 e. The van der Waals surface area contributed by atoms with Crippen LogP contribution in [-0.2, 0) is 9.59 Å². The van der Waals surface area contributed by atoms with E-state index in [0.29, 0.717) is 13.1 Å². The largest absolute Gasteiger partial charge is 0.497 e. The zero-order chi connectivity index (χ0) is 13.8. The Kier molecular flexibility index (Phi) is 3.85. The summed E-state index contributed by atoms with van der Waals surface area (Å²) in [5.74, 6) is 0.303. The lowest BCUT2D eigenvalue weighted by Gasteiger charge is -2.15. The molecule has 1 heterocycles. The Morgan fingerprint density at radius 1 is 1.37 bits per heavy atom. The predicted molar refractivity (Wildman–Crippen MR) is 71.4 cm³/mol. The van der Waals surface area contributed by atoms with Crippen LogP contribution in [0.25, 0.3) is 5.57 Å². The molecule has 0 saturated heterocycles. The molecule has 2 amide bonds. The molecule has 0 saturated carbocycles. The molecule has 100 valence electrons. The van der Waals surface area contributed by atoms with Crippen LogP contribution in [0, 0.1) is 0 Å². The van der Waals surface area contributed by atoms with Gasteiger partial charge in [0.25, 0.3) is 0 Å². The maximum atomic E-state index is 11.8. The SMILES string of the molecule is COc1ccc(C2=CC(=O)N(CCC(N)=O)C2)cc1. The Morgan fingerprint density at radius 3 is 2.63 bits per heavy atom. The van der Waals surface area contributed by atoms with Gasteiger partial charge in [0.2, 0.25) is 11.8 Å². The van der Waals surface area contributed by atoms with Gasteiger partial charge in [-0.3, -0.25) is 9.59 Å². The number of methoxy groups -OCH3 is 1. The van der Waals surface area contributed by atoms with Gasteiger partial charge in [0, 0.05) is 25.6 Å². The van der Waals surface area contributed by atoms with Crippen molar-refractivity contribution in [2.75, 3.05) is 20.2 Å². The second kappa shape index (κ2) is 5.56. The van der Waals surface area contributed by atoms with E-state index in [4.69, 9.17) is 10.5 Å². The van der Waals surface area contributed by atoms with Crippen LogP contribution in [-0.4, -0.2) is 36.9 Å². The molecule has 0 unspecified atom stereocenters. The van der Waals surface area contributed by atoms with Crippen LogP contribution in [0.15, 0.2) is 30.3 Å². The zero-order valence-electron chi connectivity index (χ0n) is 10.8. The first-order valence-corrected chi connectivity index (χ1v) is 6.02. The third kappa shape index (κ3) is 3.13. The maximum absolute atomic E-state index is 11.8. The quantitative estimate of drug-likeness (QED) is 0.851. The number of rotatable bonds is 5. The van der Waals surface area contributed by atoms with Crippen LogP contribution in [0.1, 0.15) is 12.0 Å². The number of hydrogen-bond acceptors (Lipinski definition) is 3. The number of nitrogens with two attached hydrogens (primary N) is 1. The summed E-state index contributed by atoms with van der Waals surface area (Å²) in [7, 11) is 1.61. The third-order valence-corrected chi connectivity index (χ3v) is 3.06. The van der Waals surface area contributed by atoms with E-state index in [0.717, 1.165) is 16.9 Å². The number of carbonyl (C=O) groups excluding carboxylic acids is 2. The van der Waals surface area contributed by atoms with E-state index in [2.05, 4.69) is 0 Å². The number of amides is 2. The van der Waals surface area contributed by atoms with Crippen LogP contribution >= 0.6 is 0 Å². The molecule has 0 radical (unpaired) electrons. The Labute approximate surface area is 111 Å². The summed E-state index contributed by atoms with van der Waals surface area (Å²) in [5.41, 5.74) is 7.01. The zero-order valence-corrected chi connectivity index (χ0v) is 10.8. The van der Waals surface area contributed by atoms with Crippen molar-refractivity contribution in [1.29, 1.82) is 0 Å². The van der Waals surface area contributed by atoms with Crippen molar-refractivity contribution < 1.29 is 14.3 Å². The van der Waals surface area contributed by atoms with Crippen molar-refractivity contribution in [3.8, 4) is 5.75 Å². The molecule has 5 nitrogen and oxygen atoms in total. The standard InChI is InChI=1S/C14H16N2O3/c1-19-12-4-2-10(3-5-12)11-8-14(18)16(9-11)7-6-13(15)17/h2-5,8H,6-7,9H2,1H3,(H2,15,17). The Bertz CT molecular complexity index is 520. The minimum Gasteiger partial charge on any atom is -0.497 e. The monoisotopic (exact) mass is 260 g/mol. The topological polar surface area (TPSA) is 72.6 Å². The van der Waals surface area contributed by atoms with E-state index < -0.39 is 5.91 Å². The van der Waals surface area contributed by atoms with Crippen molar-refractivity contribution >= 4 is 17.4 Å². The minimum absolute atomic E-state index is 0.0768. The Balaban J connectivity index is 2.04. The number of benzene rings is 1. The van der Waals surface area contributed by atoms with Gasteiger partial charge in [-0.1, -0.05) is 12.1 Å². The van der Waals surface area contributed by atoms with Crippen LogP contribution in [0.3, 0.4) is 0 Å². The van der Waals surface area contributed by atoms with Crippen molar-refractivity contribution in [3.63, 3.8) is 0 Å². The lowest BCUT2D eigenvalue weighted by atomic mass is 10.1. The molecule has 1 aliphatic rings. The number of carbonyl (C=O) groups is 2. The van der Waals surface area contributed by atoms with E-state index in [1.165, 1.54) is 0 Å². The molecule has 19 heavy (non-hydrogen) atoms. The van der Waals surface area contributed by atoms with Gasteiger partial charge in [-0.2, -0.15) is 0 Å². The van der Waals surface area contributed by atoms with E-state index >= 15 is 0 Å². The summed E-state index contributed by atoms with van der Waals surface area (Å²) in [6, 6.07) is 7.53. The molecule has 0 bridgehead atoms. The molecule has 0 spiro atoms. The number of primary amides is 1. The molecule has 1 aromatic carbocycles. The average Bonchev–Trinajstić information content (AvgIpc) is 2.78. The second-order valence-electron chi connectivity index (χ2n) is 4.37. The summed E-state index contributed by atoms with van der Waals surface area (Å²) in [6.07, 6.45) is 1.79. The maximum Gasteiger partial charge on any atom is 0.247 e. The lowest BCUT2D eigenvalue weighted by molar-refractivity contribution is -0.125. The molecular formula is C14H16N2O3. The molecule has 0 fully saturated rings. The van der Waals surface area contributed by atoms with Gasteiger partial charge < -0.3 is 15.4 Å². The molecule has 1 aliphatic heterocycles. The first kappa shape index (κ1) is 13.1. The summed E-state index contributed by atoms with van der Waals surface area (Å²) in [6.45, 7) is 0.878. The van der Waals surface area contributed by atoms with Crippen molar-refractivity contribution in [3.05, 3.63) is 35.9 Å². The molecule has 2 rings (SSSR count). The number of nitrogens with zero attached hydrogens (tertiary/aromatic N) is 1. The average molecular weight is 260 g/mol. The van der Waals surface area contributed by atoms with E-state index in [9.17, 15) is 9.59 Å². The highest BCUT2D eigenvalue weighted by Gasteiger charge is 2.22. The van der Waals surface area contributed by atoms with E-state index in [1.807, 2.05) is 24.3 Å². The molecule has 5 heteroatoms. The molecule has 1 aromatic rings. The number of ether oxygens (including phenoxy) is 1. The van der Waals surface area contributed by atoms with Gasteiger partial charge in [0.05, 0.1) is 7.11 Å². The van der Waals surface area contributed by atoms with Gasteiger partial charge >= 0.3 is 0 Å². The highest BCUT2D eigenvalue weighted by molar-refractivity contribution is 6.00. The summed E-state index contributed by atoms with van der Waals surface area (Å²) >= 11 is 0. The van der Waals surface area contributed by atoms with Crippen molar-refractivity contribution in [2.24, 2.45) is 5.73 Å². The predicted octanol–water partition coefficient (Wildman–Crippen LogP) is 0.796.